The van der Waals surface area contributed by atoms with Crippen LogP contribution in [-0.4, -0.2) is 0 Å². The average Bonchev–Trinajstić information content (AvgIpc) is 3.08. The molecular formula is C26H25IS. The van der Waals surface area contributed by atoms with Crippen LogP contribution in [0.15, 0.2) is 88.5 Å². The quantitative estimate of drug-likeness (QED) is 0.236. The summed E-state index contributed by atoms with van der Waals surface area (Å²) in [5, 5.41) is 0. The Morgan fingerprint density at radius 2 is 1.54 bits per heavy atom. The van der Waals surface area contributed by atoms with E-state index in [4.69, 9.17) is 0 Å². The molecule has 0 radical (unpaired) electrons. The molecule has 0 fully saturated rings. The molecule has 0 aliphatic rings. The van der Waals surface area contributed by atoms with Gasteiger partial charge in [-0.25, -0.2) is 0 Å². The summed E-state index contributed by atoms with van der Waals surface area (Å²) in [4.78, 5) is 2.72. The maximum Gasteiger partial charge on any atom is 0.0430 e. The molecule has 1 aromatic heterocycles. The summed E-state index contributed by atoms with van der Waals surface area (Å²) < 4.78 is 1.27. The van der Waals surface area contributed by atoms with Crippen molar-refractivity contribution in [2.24, 2.45) is 0 Å². The minimum absolute atomic E-state index is 0.944. The maximum absolute atomic E-state index is 4.34. The molecule has 0 saturated carbocycles. The first-order chi connectivity index (χ1) is 13.5. The lowest BCUT2D eigenvalue weighted by Crippen LogP contribution is -1.91. The molecule has 0 saturated heterocycles. The molecule has 0 aliphatic heterocycles. The molecule has 1 heterocycles. The number of rotatable bonds is 6. The van der Waals surface area contributed by atoms with Crippen molar-refractivity contribution in [1.29, 1.82) is 0 Å². The van der Waals surface area contributed by atoms with Gasteiger partial charge in [0.2, 0.25) is 0 Å². The summed E-state index contributed by atoms with van der Waals surface area (Å²) in [5.74, 6) is 0. The number of halogens is 1. The van der Waals surface area contributed by atoms with Crippen LogP contribution in [-0.2, 0) is 6.42 Å². The average molecular weight is 496 g/mol. The zero-order chi connectivity index (χ0) is 20.1. The highest BCUT2D eigenvalue weighted by molar-refractivity contribution is 14.1. The summed E-state index contributed by atoms with van der Waals surface area (Å²) >= 11 is 4.29. The molecule has 0 bridgehead atoms. The van der Waals surface area contributed by atoms with Crippen LogP contribution in [0.3, 0.4) is 0 Å². The van der Waals surface area contributed by atoms with E-state index in [0.717, 1.165) is 12.0 Å². The number of hydrogen-bond acceptors (Lipinski definition) is 1. The third-order valence-corrected chi connectivity index (χ3v) is 6.78. The van der Waals surface area contributed by atoms with Crippen LogP contribution in [0.25, 0.3) is 27.1 Å². The first-order valence-corrected chi connectivity index (χ1v) is 11.3. The van der Waals surface area contributed by atoms with Crippen molar-refractivity contribution in [2.45, 2.75) is 27.2 Å². The normalized spacial score (nSPS) is 12.3. The van der Waals surface area contributed by atoms with Gasteiger partial charge in [-0.3, -0.25) is 0 Å². The Labute approximate surface area is 186 Å². The fourth-order valence-electron chi connectivity index (χ4n) is 3.35. The van der Waals surface area contributed by atoms with Crippen LogP contribution < -0.4 is 0 Å². The summed E-state index contributed by atoms with van der Waals surface area (Å²) in [7, 11) is 0. The van der Waals surface area contributed by atoms with Crippen molar-refractivity contribution in [1.82, 2.24) is 0 Å². The van der Waals surface area contributed by atoms with Crippen LogP contribution in [0.5, 0.6) is 0 Å². The monoisotopic (exact) mass is 496 g/mol. The lowest BCUT2D eigenvalue weighted by molar-refractivity contribution is 1.17. The Morgan fingerprint density at radius 1 is 0.964 bits per heavy atom. The highest BCUT2D eigenvalue weighted by atomic mass is 127. The summed E-state index contributed by atoms with van der Waals surface area (Å²) in [6.07, 6.45) is 5.36. The Balaban J connectivity index is 2.23. The van der Waals surface area contributed by atoms with Gasteiger partial charge in [0.05, 0.1) is 0 Å². The summed E-state index contributed by atoms with van der Waals surface area (Å²) in [6, 6.07) is 21.4. The van der Waals surface area contributed by atoms with E-state index in [-0.39, 0.29) is 0 Å². The molecule has 0 unspecified atom stereocenters. The molecule has 0 aliphatic carbocycles. The van der Waals surface area contributed by atoms with Gasteiger partial charge in [-0.1, -0.05) is 78.9 Å². The minimum Gasteiger partial charge on any atom is -0.139 e. The van der Waals surface area contributed by atoms with Crippen LogP contribution in [0, 0.1) is 0 Å². The van der Waals surface area contributed by atoms with Gasteiger partial charge in [-0.2, -0.15) is 0 Å². The number of benzene rings is 2. The van der Waals surface area contributed by atoms with Gasteiger partial charge in [-0.15, -0.1) is 11.3 Å². The first kappa shape index (κ1) is 20.8. The largest absolute Gasteiger partial charge is 0.139 e. The molecule has 2 aromatic carbocycles. The predicted octanol–water partition coefficient (Wildman–Crippen LogP) is 8.94. The molecular weight excluding hydrogens is 471 g/mol. The zero-order valence-electron chi connectivity index (χ0n) is 16.6. The van der Waals surface area contributed by atoms with Crippen molar-refractivity contribution in [3.8, 4) is 21.6 Å². The molecule has 0 amide bonds. The van der Waals surface area contributed by atoms with Gasteiger partial charge in [-0.05, 0) is 71.7 Å². The zero-order valence-corrected chi connectivity index (χ0v) is 19.6. The van der Waals surface area contributed by atoms with E-state index in [1.807, 2.05) is 11.3 Å². The Morgan fingerprint density at radius 3 is 2.07 bits per heavy atom. The first-order valence-electron chi connectivity index (χ1n) is 9.42. The van der Waals surface area contributed by atoms with E-state index in [0.29, 0.717) is 0 Å². The second-order valence-electron chi connectivity index (χ2n) is 6.96. The number of hydrogen-bond donors (Lipinski definition) is 0. The highest BCUT2D eigenvalue weighted by Gasteiger charge is 2.21. The standard InChI is InChI=1S/C26H25IS/c1-5-22(27)16-19(4)17-23-24(18(2)3)25(20-12-8-6-9-13-20)26(28-23)21-14-10-7-11-15-21/h5-16H,2,17H2,1,3-4H3/b19-16-,22-5+. The molecule has 0 N–H and O–H groups in total. The third-order valence-electron chi connectivity index (χ3n) is 4.61. The van der Waals surface area contributed by atoms with E-state index in [1.54, 1.807) is 0 Å². The minimum atomic E-state index is 0.944. The van der Waals surface area contributed by atoms with Gasteiger partial charge < -0.3 is 0 Å². The summed E-state index contributed by atoms with van der Waals surface area (Å²) in [6.45, 7) is 10.8. The number of thiophene rings is 1. The molecule has 0 nitrogen and oxygen atoms in total. The third kappa shape index (κ3) is 4.73. The second kappa shape index (κ2) is 9.53. The van der Waals surface area contributed by atoms with Crippen LogP contribution in [0.2, 0.25) is 0 Å². The van der Waals surface area contributed by atoms with Gasteiger partial charge in [0, 0.05) is 25.3 Å². The van der Waals surface area contributed by atoms with Crippen molar-refractivity contribution in [2.75, 3.05) is 0 Å². The van der Waals surface area contributed by atoms with E-state index in [2.05, 4.69) is 123 Å². The lowest BCUT2D eigenvalue weighted by atomic mass is 9.93. The molecule has 0 spiro atoms. The van der Waals surface area contributed by atoms with Gasteiger partial charge in [0.1, 0.15) is 0 Å². The van der Waals surface area contributed by atoms with Crippen molar-refractivity contribution in [3.05, 3.63) is 99.0 Å². The second-order valence-corrected chi connectivity index (χ2v) is 9.31. The Hall–Kier alpha value is -1.91. The smallest absolute Gasteiger partial charge is 0.0430 e. The van der Waals surface area contributed by atoms with E-state index >= 15 is 0 Å². The van der Waals surface area contributed by atoms with Crippen molar-refractivity contribution < 1.29 is 0 Å². The van der Waals surface area contributed by atoms with Crippen LogP contribution in [0.1, 0.15) is 31.2 Å². The van der Waals surface area contributed by atoms with Gasteiger partial charge in [0.25, 0.3) is 0 Å². The van der Waals surface area contributed by atoms with Gasteiger partial charge >= 0.3 is 0 Å². The maximum atomic E-state index is 4.34. The van der Waals surface area contributed by atoms with Crippen LogP contribution in [0.4, 0.5) is 0 Å². The predicted molar refractivity (Wildman–Crippen MR) is 135 cm³/mol. The highest BCUT2D eigenvalue weighted by Crippen LogP contribution is 2.46. The topological polar surface area (TPSA) is 0 Å². The fourth-order valence-corrected chi connectivity index (χ4v) is 5.38. The van der Waals surface area contributed by atoms with Crippen molar-refractivity contribution >= 4 is 39.5 Å². The molecule has 28 heavy (non-hydrogen) atoms. The summed E-state index contributed by atoms with van der Waals surface area (Å²) in [5.41, 5.74) is 7.63. The van der Waals surface area contributed by atoms with E-state index in [1.165, 1.54) is 41.2 Å². The van der Waals surface area contributed by atoms with Crippen molar-refractivity contribution in [3.63, 3.8) is 0 Å². The Kier molecular flexibility index (Phi) is 7.08. The van der Waals surface area contributed by atoms with E-state index in [9.17, 15) is 0 Å². The fraction of sp³-hybridized carbons (Fsp3) is 0.154. The lowest BCUT2D eigenvalue weighted by Gasteiger charge is -2.10. The molecule has 3 aromatic rings. The van der Waals surface area contributed by atoms with Crippen LogP contribution >= 0.6 is 33.9 Å². The molecule has 142 valence electrons. The number of allylic oxidation sites excluding steroid dienone is 5. The molecule has 2 heteroatoms. The molecule has 3 rings (SSSR count). The molecule has 0 atom stereocenters. The van der Waals surface area contributed by atoms with E-state index < -0.39 is 0 Å². The van der Waals surface area contributed by atoms with Gasteiger partial charge in [0.15, 0.2) is 0 Å². The Bertz CT molecular complexity index is 1020. The SMILES string of the molecule is C=C(C)c1c(C/C(C)=C\C(I)=C/C)sc(-c2ccccc2)c1-c1ccccc1.